The summed E-state index contributed by atoms with van der Waals surface area (Å²) in [4.78, 5) is 10.2. The van der Waals surface area contributed by atoms with Gasteiger partial charge in [-0.2, -0.15) is 0 Å². The number of nitrogens with zero attached hydrogens (tertiary/aromatic N) is 1. The number of amidine groups is 1. The molecule has 1 unspecified atom stereocenters. The predicted octanol–water partition coefficient (Wildman–Crippen LogP) is 3.73. The fourth-order valence-corrected chi connectivity index (χ4v) is 3.02. The van der Waals surface area contributed by atoms with Gasteiger partial charge in [-0.25, -0.2) is 9.83 Å². The maximum absolute atomic E-state index is 9.71. The fourth-order valence-electron chi connectivity index (χ4n) is 3.02. The maximum Gasteiger partial charge on any atom is 0.202 e. The van der Waals surface area contributed by atoms with E-state index in [4.69, 9.17) is 9.57 Å². The van der Waals surface area contributed by atoms with Crippen LogP contribution in [-0.4, -0.2) is 18.1 Å². The number of hydrogen-bond acceptors (Lipinski definition) is 5. The molecular weight excluding hydrogens is 316 g/mol. The Kier molecular flexibility index (Phi) is 3.99. The van der Waals surface area contributed by atoms with Gasteiger partial charge in [-0.1, -0.05) is 48.5 Å². The topological polar surface area (TPSA) is 63.1 Å². The van der Waals surface area contributed by atoms with E-state index in [0.717, 1.165) is 11.4 Å². The number of nitrogens with one attached hydrogen (secondary N) is 1. The second-order valence-electron chi connectivity index (χ2n) is 5.89. The van der Waals surface area contributed by atoms with Gasteiger partial charge in [0.25, 0.3) is 0 Å². The summed E-state index contributed by atoms with van der Waals surface area (Å²) in [5, 5.41) is 12.1. The van der Waals surface area contributed by atoms with Gasteiger partial charge in [0.05, 0.1) is 7.11 Å². The van der Waals surface area contributed by atoms with E-state index < -0.39 is 6.23 Å². The standard InChI is InChI=1S/C20H18N2O3/c1-24-18-11-15(9-10-17(18)23)20-21-19(22-25-20)12-14-7-4-6-13-5-2-3-8-16(13)14/h2-11,20,23H,12H2,1H3,(H,21,22). The van der Waals surface area contributed by atoms with Gasteiger partial charge in [-0.3, -0.25) is 5.48 Å². The minimum absolute atomic E-state index is 0.0946. The van der Waals surface area contributed by atoms with E-state index >= 15 is 0 Å². The summed E-state index contributed by atoms with van der Waals surface area (Å²) in [6, 6.07) is 19.6. The van der Waals surface area contributed by atoms with Crippen molar-refractivity contribution in [1.29, 1.82) is 0 Å². The molecule has 0 saturated heterocycles. The van der Waals surface area contributed by atoms with E-state index in [0.29, 0.717) is 12.2 Å². The van der Waals surface area contributed by atoms with Gasteiger partial charge in [0, 0.05) is 12.0 Å². The lowest BCUT2D eigenvalue weighted by Gasteiger charge is -2.09. The van der Waals surface area contributed by atoms with Crippen LogP contribution in [0, 0.1) is 0 Å². The molecule has 0 bridgehead atoms. The Morgan fingerprint density at radius 3 is 2.84 bits per heavy atom. The van der Waals surface area contributed by atoms with Crippen molar-refractivity contribution < 1.29 is 14.7 Å². The van der Waals surface area contributed by atoms with Gasteiger partial charge in [-0.05, 0) is 28.5 Å². The maximum atomic E-state index is 9.71. The van der Waals surface area contributed by atoms with Crippen LogP contribution < -0.4 is 10.2 Å². The quantitative estimate of drug-likeness (QED) is 0.763. The molecule has 0 spiro atoms. The summed E-state index contributed by atoms with van der Waals surface area (Å²) in [5.41, 5.74) is 4.92. The first kappa shape index (κ1) is 15.5. The van der Waals surface area contributed by atoms with E-state index in [2.05, 4.69) is 40.8 Å². The number of fused-ring (bicyclic) bond motifs is 1. The molecule has 4 rings (SSSR count). The molecule has 1 aliphatic rings. The van der Waals surface area contributed by atoms with Crippen LogP contribution in [0.25, 0.3) is 10.8 Å². The highest BCUT2D eigenvalue weighted by molar-refractivity contribution is 5.92. The molecule has 0 saturated carbocycles. The molecule has 0 aromatic heterocycles. The summed E-state index contributed by atoms with van der Waals surface area (Å²) in [7, 11) is 1.52. The second-order valence-corrected chi connectivity index (χ2v) is 5.89. The molecule has 3 aromatic carbocycles. The number of phenols is 1. The van der Waals surface area contributed by atoms with Crippen molar-refractivity contribution in [3.8, 4) is 11.5 Å². The predicted molar refractivity (Wildman–Crippen MR) is 96.7 cm³/mol. The molecule has 0 radical (unpaired) electrons. The first-order chi connectivity index (χ1) is 12.2. The van der Waals surface area contributed by atoms with Gasteiger partial charge < -0.3 is 9.84 Å². The Balaban J connectivity index is 1.59. The molecule has 0 amide bonds. The third-order valence-electron chi connectivity index (χ3n) is 4.29. The third-order valence-corrected chi connectivity index (χ3v) is 4.29. The Labute approximate surface area is 145 Å². The van der Waals surface area contributed by atoms with Crippen molar-refractivity contribution in [1.82, 2.24) is 5.48 Å². The monoisotopic (exact) mass is 334 g/mol. The molecule has 1 aliphatic heterocycles. The largest absolute Gasteiger partial charge is 0.504 e. The molecule has 5 nitrogen and oxygen atoms in total. The molecule has 0 aliphatic carbocycles. The zero-order valence-electron chi connectivity index (χ0n) is 13.8. The number of ether oxygens (including phenoxy) is 1. The van der Waals surface area contributed by atoms with Crippen LogP contribution in [0.4, 0.5) is 0 Å². The molecule has 0 fully saturated rings. The van der Waals surface area contributed by atoms with Crippen molar-refractivity contribution in [2.75, 3.05) is 7.11 Å². The lowest BCUT2D eigenvalue weighted by Crippen LogP contribution is -2.19. The Hall–Kier alpha value is -3.05. The van der Waals surface area contributed by atoms with E-state index in [1.165, 1.54) is 23.4 Å². The molecule has 1 heterocycles. The normalized spacial score (nSPS) is 16.5. The van der Waals surface area contributed by atoms with Crippen LogP contribution in [0.1, 0.15) is 17.4 Å². The van der Waals surface area contributed by atoms with Crippen LogP contribution >= 0.6 is 0 Å². The number of methoxy groups -OCH3 is 1. The molecule has 5 heteroatoms. The summed E-state index contributed by atoms with van der Waals surface area (Å²) in [6.45, 7) is 0. The van der Waals surface area contributed by atoms with Crippen LogP contribution in [0.2, 0.25) is 0 Å². The zero-order valence-corrected chi connectivity index (χ0v) is 13.8. The number of aromatic hydroxyl groups is 1. The Morgan fingerprint density at radius 1 is 1.12 bits per heavy atom. The highest BCUT2D eigenvalue weighted by Crippen LogP contribution is 2.32. The van der Waals surface area contributed by atoms with Crippen LogP contribution in [-0.2, 0) is 11.3 Å². The van der Waals surface area contributed by atoms with Crippen LogP contribution in [0.3, 0.4) is 0 Å². The number of rotatable bonds is 4. The number of aliphatic imine (C=N–C) groups is 1. The van der Waals surface area contributed by atoms with Gasteiger partial charge >= 0.3 is 0 Å². The van der Waals surface area contributed by atoms with E-state index in [9.17, 15) is 5.11 Å². The van der Waals surface area contributed by atoms with Crippen molar-refractivity contribution >= 4 is 16.6 Å². The average Bonchev–Trinajstić information content (AvgIpc) is 3.11. The van der Waals surface area contributed by atoms with Crippen molar-refractivity contribution in [2.24, 2.45) is 4.99 Å². The summed E-state index contributed by atoms with van der Waals surface area (Å²) < 4.78 is 5.14. The summed E-state index contributed by atoms with van der Waals surface area (Å²) in [6.07, 6.45) is 0.201. The number of hydroxylamine groups is 1. The highest BCUT2D eigenvalue weighted by Gasteiger charge is 2.21. The molecule has 2 N–H and O–H groups in total. The molecule has 126 valence electrons. The number of benzene rings is 3. The second kappa shape index (κ2) is 6.45. The van der Waals surface area contributed by atoms with E-state index in [-0.39, 0.29) is 5.75 Å². The van der Waals surface area contributed by atoms with Gasteiger partial charge in [0.2, 0.25) is 6.23 Å². The molecule has 3 aromatic rings. The van der Waals surface area contributed by atoms with E-state index in [1.54, 1.807) is 18.2 Å². The van der Waals surface area contributed by atoms with Crippen molar-refractivity contribution in [3.63, 3.8) is 0 Å². The zero-order chi connectivity index (χ0) is 17.2. The van der Waals surface area contributed by atoms with Gasteiger partial charge in [0.1, 0.15) is 5.84 Å². The lowest BCUT2D eigenvalue weighted by molar-refractivity contribution is 0.0370. The van der Waals surface area contributed by atoms with Crippen molar-refractivity contribution in [3.05, 3.63) is 71.8 Å². The summed E-state index contributed by atoms with van der Waals surface area (Å²) in [5.74, 6) is 1.27. The lowest BCUT2D eigenvalue weighted by atomic mass is 10.0. The highest BCUT2D eigenvalue weighted by atomic mass is 16.7. The summed E-state index contributed by atoms with van der Waals surface area (Å²) >= 11 is 0. The molecular formula is C20H18N2O3. The third kappa shape index (κ3) is 3.02. The first-order valence-corrected chi connectivity index (χ1v) is 8.06. The molecule has 1 atom stereocenters. The smallest absolute Gasteiger partial charge is 0.202 e. The minimum Gasteiger partial charge on any atom is -0.504 e. The van der Waals surface area contributed by atoms with Gasteiger partial charge in [0.15, 0.2) is 11.5 Å². The van der Waals surface area contributed by atoms with Crippen LogP contribution in [0.15, 0.2) is 65.7 Å². The minimum atomic E-state index is -0.459. The first-order valence-electron chi connectivity index (χ1n) is 8.06. The van der Waals surface area contributed by atoms with Crippen LogP contribution in [0.5, 0.6) is 11.5 Å². The van der Waals surface area contributed by atoms with E-state index in [1.807, 2.05) is 12.1 Å². The SMILES string of the molecule is COc1cc(C2N=C(Cc3cccc4ccccc34)NO2)ccc1O. The van der Waals surface area contributed by atoms with Crippen molar-refractivity contribution in [2.45, 2.75) is 12.6 Å². The van der Waals surface area contributed by atoms with Gasteiger partial charge in [-0.15, -0.1) is 0 Å². The molecule has 25 heavy (non-hydrogen) atoms. The number of hydrogen-bond donors (Lipinski definition) is 2. The fraction of sp³-hybridized carbons (Fsp3) is 0.150. The Bertz CT molecular complexity index is 947. The Morgan fingerprint density at radius 2 is 1.96 bits per heavy atom. The number of phenolic OH excluding ortho intramolecular Hbond substituents is 1. The average molecular weight is 334 g/mol.